The third-order valence-corrected chi connectivity index (χ3v) is 5.27. The Morgan fingerprint density at radius 3 is 2.38 bits per heavy atom. The van der Waals surface area contributed by atoms with Gasteiger partial charge < -0.3 is 13.9 Å². The summed E-state index contributed by atoms with van der Waals surface area (Å²) < 4.78 is 16.5. The van der Waals surface area contributed by atoms with Crippen LogP contribution in [0.5, 0.6) is 0 Å². The number of esters is 2. The topological polar surface area (TPSA) is 109 Å². The van der Waals surface area contributed by atoms with Gasteiger partial charge in [-0.05, 0) is 37.1 Å². The summed E-state index contributed by atoms with van der Waals surface area (Å²) in [7, 11) is 0. The lowest BCUT2D eigenvalue weighted by Gasteiger charge is -2.38. The molecule has 4 rings (SSSR count). The van der Waals surface area contributed by atoms with E-state index in [-0.39, 0.29) is 22.0 Å². The molecule has 1 aromatic heterocycles. The van der Waals surface area contributed by atoms with Gasteiger partial charge in [0.15, 0.2) is 0 Å². The number of hydrogen-bond donors (Lipinski definition) is 0. The monoisotopic (exact) mass is 417 g/mol. The Kier molecular flexibility index (Phi) is 4.87. The molecule has 1 saturated carbocycles. The summed E-state index contributed by atoms with van der Waals surface area (Å²) in [6, 6.07) is 7.36. The highest BCUT2D eigenvalue weighted by molar-refractivity contribution is 6.32. The van der Waals surface area contributed by atoms with Crippen LogP contribution in [0.3, 0.4) is 0 Å². The van der Waals surface area contributed by atoms with Gasteiger partial charge in [-0.3, -0.25) is 10.1 Å². The molecule has 0 bridgehead atoms. The van der Waals surface area contributed by atoms with Gasteiger partial charge in [0.1, 0.15) is 22.1 Å². The van der Waals surface area contributed by atoms with Gasteiger partial charge >= 0.3 is 11.9 Å². The highest BCUT2D eigenvalue weighted by atomic mass is 35.5. The summed E-state index contributed by atoms with van der Waals surface area (Å²) in [5, 5.41) is 11.1. The van der Waals surface area contributed by atoms with E-state index in [0.717, 1.165) is 19.3 Å². The number of benzene rings is 1. The van der Waals surface area contributed by atoms with E-state index in [1.54, 1.807) is 12.1 Å². The average Bonchev–Trinajstić information content (AvgIpc) is 3.14. The van der Waals surface area contributed by atoms with Crippen molar-refractivity contribution in [1.82, 2.24) is 0 Å². The SMILES string of the molecule is O=C1OC2(CCCCC2)OC(=O)C1=Cc1ccc(-c2ccc(Cl)c([N+](=O)[O-])c2)o1. The lowest BCUT2D eigenvalue weighted by atomic mass is 9.93. The van der Waals surface area contributed by atoms with Crippen molar-refractivity contribution in [3.63, 3.8) is 0 Å². The highest BCUT2D eigenvalue weighted by Gasteiger charge is 2.46. The van der Waals surface area contributed by atoms with Crippen LogP contribution in [-0.2, 0) is 19.1 Å². The van der Waals surface area contributed by atoms with Gasteiger partial charge in [0, 0.05) is 30.5 Å². The number of carbonyl (C=O) groups excluding carboxylic acids is 2. The molecule has 2 aromatic rings. The summed E-state index contributed by atoms with van der Waals surface area (Å²) >= 11 is 5.82. The van der Waals surface area contributed by atoms with Gasteiger partial charge in [-0.25, -0.2) is 9.59 Å². The molecule has 1 aliphatic heterocycles. The Morgan fingerprint density at radius 2 is 1.72 bits per heavy atom. The van der Waals surface area contributed by atoms with Crippen LogP contribution in [0.25, 0.3) is 17.4 Å². The highest BCUT2D eigenvalue weighted by Crippen LogP contribution is 2.38. The first-order chi connectivity index (χ1) is 13.9. The van der Waals surface area contributed by atoms with Crippen molar-refractivity contribution < 1.29 is 28.4 Å². The summed E-state index contributed by atoms with van der Waals surface area (Å²) in [6.45, 7) is 0. The summed E-state index contributed by atoms with van der Waals surface area (Å²) in [6.07, 6.45) is 4.91. The molecule has 1 aromatic carbocycles. The number of carbonyl (C=O) groups is 2. The Bertz CT molecular complexity index is 1010. The standard InChI is InChI=1S/C20H16ClNO7/c21-15-6-4-12(10-16(15)22(25)26)17-7-5-13(27-17)11-14-18(23)28-20(29-19(14)24)8-2-1-3-9-20/h4-7,10-11H,1-3,8-9H2. The Balaban J connectivity index is 1.58. The maximum absolute atomic E-state index is 12.4. The normalized spacial score (nSPS) is 18.3. The van der Waals surface area contributed by atoms with Crippen LogP contribution in [0.2, 0.25) is 5.02 Å². The third kappa shape index (κ3) is 3.75. The van der Waals surface area contributed by atoms with Gasteiger partial charge in [-0.15, -0.1) is 0 Å². The van der Waals surface area contributed by atoms with Crippen molar-refractivity contribution in [1.29, 1.82) is 0 Å². The first kappa shape index (κ1) is 19.2. The van der Waals surface area contributed by atoms with E-state index in [1.165, 1.54) is 24.3 Å². The average molecular weight is 418 g/mol. The van der Waals surface area contributed by atoms with Crippen molar-refractivity contribution in [2.24, 2.45) is 0 Å². The number of rotatable bonds is 3. The molecule has 0 amide bonds. The minimum absolute atomic E-state index is 0.0111. The first-order valence-electron chi connectivity index (χ1n) is 9.09. The van der Waals surface area contributed by atoms with E-state index in [2.05, 4.69) is 0 Å². The van der Waals surface area contributed by atoms with E-state index in [0.29, 0.717) is 24.2 Å². The molecule has 0 N–H and O–H groups in total. The van der Waals surface area contributed by atoms with Gasteiger partial charge in [-0.2, -0.15) is 0 Å². The number of nitro benzene ring substituents is 1. The molecule has 150 valence electrons. The Morgan fingerprint density at radius 1 is 1.03 bits per heavy atom. The molecule has 0 radical (unpaired) electrons. The zero-order valence-corrected chi connectivity index (χ0v) is 15.9. The van der Waals surface area contributed by atoms with Crippen LogP contribution < -0.4 is 0 Å². The Hall–Kier alpha value is -3.13. The van der Waals surface area contributed by atoms with Crippen molar-refractivity contribution >= 4 is 35.3 Å². The summed E-state index contributed by atoms with van der Waals surface area (Å²) in [5.41, 5.74) is -0.0809. The van der Waals surface area contributed by atoms with Crippen LogP contribution in [0.15, 0.2) is 40.3 Å². The van der Waals surface area contributed by atoms with E-state index in [1.807, 2.05) is 0 Å². The minimum Gasteiger partial charge on any atom is -0.457 e. The van der Waals surface area contributed by atoms with Crippen molar-refractivity contribution in [3.05, 3.63) is 56.8 Å². The zero-order chi connectivity index (χ0) is 20.6. The summed E-state index contributed by atoms with van der Waals surface area (Å²) in [5.74, 6) is -2.12. The number of nitrogens with zero attached hydrogens (tertiary/aromatic N) is 1. The maximum Gasteiger partial charge on any atom is 0.349 e. The van der Waals surface area contributed by atoms with Crippen LogP contribution in [-0.4, -0.2) is 22.6 Å². The van der Waals surface area contributed by atoms with Gasteiger partial charge in [0.25, 0.3) is 11.5 Å². The van der Waals surface area contributed by atoms with Crippen LogP contribution in [0.1, 0.15) is 37.9 Å². The van der Waals surface area contributed by atoms with E-state index >= 15 is 0 Å². The second-order valence-electron chi connectivity index (χ2n) is 6.93. The maximum atomic E-state index is 12.4. The van der Waals surface area contributed by atoms with Gasteiger partial charge in [0.05, 0.1) is 4.92 Å². The molecule has 1 spiro atoms. The molecule has 9 heteroatoms. The second kappa shape index (κ2) is 7.36. The van der Waals surface area contributed by atoms with Crippen molar-refractivity contribution in [2.45, 2.75) is 37.9 Å². The molecule has 0 atom stereocenters. The van der Waals surface area contributed by atoms with Crippen LogP contribution in [0, 0.1) is 10.1 Å². The predicted octanol–water partition coefficient (Wildman–Crippen LogP) is 4.65. The molecule has 2 aliphatic rings. The van der Waals surface area contributed by atoms with Crippen LogP contribution in [0.4, 0.5) is 5.69 Å². The zero-order valence-electron chi connectivity index (χ0n) is 15.2. The predicted molar refractivity (Wildman–Crippen MR) is 102 cm³/mol. The van der Waals surface area contributed by atoms with E-state index in [4.69, 9.17) is 25.5 Å². The van der Waals surface area contributed by atoms with Gasteiger partial charge in [-0.1, -0.05) is 18.0 Å². The molecular weight excluding hydrogens is 402 g/mol. The van der Waals surface area contributed by atoms with Gasteiger partial charge in [0.2, 0.25) is 0 Å². The second-order valence-corrected chi connectivity index (χ2v) is 7.34. The fourth-order valence-electron chi connectivity index (χ4n) is 3.50. The van der Waals surface area contributed by atoms with Crippen molar-refractivity contribution in [2.75, 3.05) is 0 Å². The molecule has 2 heterocycles. The Labute approximate surface area is 170 Å². The number of furan rings is 1. The number of hydrogen-bond acceptors (Lipinski definition) is 7. The lowest BCUT2D eigenvalue weighted by molar-refractivity contribution is -0.384. The lowest BCUT2D eigenvalue weighted by Crippen LogP contribution is -2.47. The largest absolute Gasteiger partial charge is 0.457 e. The first-order valence-corrected chi connectivity index (χ1v) is 9.47. The number of nitro groups is 1. The minimum atomic E-state index is -1.15. The molecular formula is C20H16ClNO7. The van der Waals surface area contributed by atoms with E-state index in [9.17, 15) is 19.7 Å². The molecule has 0 unspecified atom stereocenters. The fraction of sp³-hybridized carbons (Fsp3) is 0.300. The molecule has 29 heavy (non-hydrogen) atoms. The van der Waals surface area contributed by atoms with Crippen molar-refractivity contribution in [3.8, 4) is 11.3 Å². The summed E-state index contributed by atoms with van der Waals surface area (Å²) in [4.78, 5) is 35.2. The molecule has 1 saturated heterocycles. The number of ether oxygens (including phenoxy) is 2. The quantitative estimate of drug-likeness (QED) is 0.235. The smallest absolute Gasteiger partial charge is 0.349 e. The molecule has 1 aliphatic carbocycles. The molecule has 2 fully saturated rings. The molecule has 8 nitrogen and oxygen atoms in total. The van der Waals surface area contributed by atoms with E-state index < -0.39 is 22.6 Å². The fourth-order valence-corrected chi connectivity index (χ4v) is 3.68. The van der Waals surface area contributed by atoms with Crippen LogP contribution >= 0.6 is 11.6 Å². The number of halogens is 1. The third-order valence-electron chi connectivity index (χ3n) is 4.95.